The van der Waals surface area contributed by atoms with E-state index in [1.807, 2.05) is 25.1 Å². The van der Waals surface area contributed by atoms with Crippen LogP contribution in [0.15, 0.2) is 36.5 Å². The van der Waals surface area contributed by atoms with Crippen molar-refractivity contribution < 1.29 is 19.0 Å². The van der Waals surface area contributed by atoms with E-state index in [2.05, 4.69) is 10.3 Å². The third kappa shape index (κ3) is 4.51. The van der Waals surface area contributed by atoms with Gasteiger partial charge in [-0.1, -0.05) is 6.07 Å². The summed E-state index contributed by atoms with van der Waals surface area (Å²) in [5, 5.41) is 2.98. The fourth-order valence-corrected chi connectivity index (χ4v) is 3.32. The fourth-order valence-electron chi connectivity index (χ4n) is 3.32. The Kier molecular flexibility index (Phi) is 6.16. The molecule has 0 aliphatic heterocycles. The number of methoxy groups -OCH3 is 2. The molecule has 1 atom stereocenters. The van der Waals surface area contributed by atoms with Gasteiger partial charge in [0.15, 0.2) is 11.5 Å². The number of nitrogens with zero attached hydrogens (tertiary/aromatic N) is 1. The van der Waals surface area contributed by atoms with E-state index in [0.717, 1.165) is 24.2 Å². The summed E-state index contributed by atoms with van der Waals surface area (Å²) in [6.45, 7) is 1.92. The Hall–Kier alpha value is -2.76. The van der Waals surface area contributed by atoms with E-state index in [4.69, 9.17) is 14.2 Å². The van der Waals surface area contributed by atoms with Gasteiger partial charge in [0.2, 0.25) is 5.88 Å². The zero-order valence-corrected chi connectivity index (χ0v) is 16.0. The van der Waals surface area contributed by atoms with Crippen LogP contribution in [-0.4, -0.2) is 31.2 Å². The molecule has 0 bridgehead atoms. The number of amides is 1. The van der Waals surface area contributed by atoms with E-state index >= 15 is 0 Å². The molecular formula is C21H26N2O4. The summed E-state index contributed by atoms with van der Waals surface area (Å²) in [6.07, 6.45) is 6.46. The molecule has 1 aliphatic carbocycles. The van der Waals surface area contributed by atoms with Gasteiger partial charge in [-0.2, -0.15) is 0 Å². The number of benzene rings is 1. The van der Waals surface area contributed by atoms with Crippen LogP contribution in [0.4, 0.5) is 0 Å². The molecule has 1 saturated carbocycles. The van der Waals surface area contributed by atoms with Gasteiger partial charge in [0, 0.05) is 6.20 Å². The molecule has 0 radical (unpaired) electrons. The molecule has 3 rings (SSSR count). The lowest BCUT2D eigenvalue weighted by Gasteiger charge is -2.19. The minimum Gasteiger partial charge on any atom is -0.493 e. The van der Waals surface area contributed by atoms with Crippen LogP contribution >= 0.6 is 0 Å². The van der Waals surface area contributed by atoms with E-state index in [1.165, 1.54) is 20.0 Å². The second-order valence-corrected chi connectivity index (χ2v) is 6.69. The van der Waals surface area contributed by atoms with Gasteiger partial charge in [0.05, 0.1) is 26.4 Å². The maximum atomic E-state index is 12.6. The number of hydrogen-bond donors (Lipinski definition) is 1. The third-order valence-corrected chi connectivity index (χ3v) is 4.84. The van der Waals surface area contributed by atoms with Crippen LogP contribution in [0.3, 0.4) is 0 Å². The normalized spacial score (nSPS) is 15.2. The van der Waals surface area contributed by atoms with E-state index in [-0.39, 0.29) is 18.1 Å². The van der Waals surface area contributed by atoms with Crippen molar-refractivity contribution in [2.45, 2.75) is 44.8 Å². The molecule has 1 aromatic heterocycles. The Morgan fingerprint density at radius 2 is 1.93 bits per heavy atom. The second-order valence-electron chi connectivity index (χ2n) is 6.69. The van der Waals surface area contributed by atoms with Gasteiger partial charge in [0.1, 0.15) is 5.56 Å². The first-order chi connectivity index (χ1) is 13.1. The number of nitrogens with one attached hydrogen (secondary N) is 1. The molecule has 1 N–H and O–H groups in total. The lowest BCUT2D eigenvalue weighted by Crippen LogP contribution is -2.27. The highest BCUT2D eigenvalue weighted by atomic mass is 16.5. The van der Waals surface area contributed by atoms with Gasteiger partial charge in [0.25, 0.3) is 5.91 Å². The molecule has 27 heavy (non-hydrogen) atoms. The summed E-state index contributed by atoms with van der Waals surface area (Å²) < 4.78 is 16.7. The summed E-state index contributed by atoms with van der Waals surface area (Å²) in [7, 11) is 3.13. The fraction of sp³-hybridized carbons (Fsp3) is 0.429. The Morgan fingerprint density at radius 1 is 1.15 bits per heavy atom. The first kappa shape index (κ1) is 19.0. The largest absolute Gasteiger partial charge is 0.493 e. The van der Waals surface area contributed by atoms with Crippen LogP contribution in [0.2, 0.25) is 0 Å². The minimum absolute atomic E-state index is 0.211. The van der Waals surface area contributed by atoms with Crippen molar-refractivity contribution in [3.05, 3.63) is 47.7 Å². The second kappa shape index (κ2) is 8.75. The highest BCUT2D eigenvalue weighted by molar-refractivity contribution is 5.96. The van der Waals surface area contributed by atoms with Crippen molar-refractivity contribution in [3.63, 3.8) is 0 Å². The Labute approximate surface area is 159 Å². The van der Waals surface area contributed by atoms with Crippen LogP contribution in [0.5, 0.6) is 17.4 Å². The standard InChI is InChI=1S/C21H26N2O4/c1-14(23-20(24)17-9-6-12-22-21(17)26-3)15-10-11-18(19(13-15)25-2)27-16-7-4-5-8-16/h6,9-14,16H,4-5,7-8H2,1-3H3,(H,23,24). The first-order valence-corrected chi connectivity index (χ1v) is 9.27. The Bertz CT molecular complexity index is 788. The number of pyridine rings is 1. The summed E-state index contributed by atoms with van der Waals surface area (Å²) >= 11 is 0. The predicted molar refractivity (Wildman–Crippen MR) is 103 cm³/mol. The highest BCUT2D eigenvalue weighted by Crippen LogP contribution is 2.33. The zero-order chi connectivity index (χ0) is 19.2. The number of carbonyl (C=O) groups excluding carboxylic acids is 1. The van der Waals surface area contributed by atoms with Gasteiger partial charge in [-0.3, -0.25) is 4.79 Å². The maximum Gasteiger partial charge on any atom is 0.257 e. The van der Waals surface area contributed by atoms with Gasteiger partial charge >= 0.3 is 0 Å². The van der Waals surface area contributed by atoms with Crippen molar-refractivity contribution in [2.24, 2.45) is 0 Å². The van der Waals surface area contributed by atoms with Crippen molar-refractivity contribution in [1.82, 2.24) is 10.3 Å². The van der Waals surface area contributed by atoms with Crippen molar-refractivity contribution >= 4 is 5.91 Å². The van der Waals surface area contributed by atoms with Gasteiger partial charge in [-0.25, -0.2) is 4.98 Å². The topological polar surface area (TPSA) is 69.7 Å². The molecule has 1 amide bonds. The third-order valence-electron chi connectivity index (χ3n) is 4.84. The molecular weight excluding hydrogens is 344 g/mol. The quantitative estimate of drug-likeness (QED) is 0.800. The average molecular weight is 370 g/mol. The predicted octanol–water partition coefficient (Wildman–Crippen LogP) is 3.91. The molecule has 144 valence electrons. The van der Waals surface area contributed by atoms with E-state index in [9.17, 15) is 4.79 Å². The Morgan fingerprint density at radius 3 is 2.63 bits per heavy atom. The number of aromatic nitrogens is 1. The molecule has 6 nitrogen and oxygen atoms in total. The SMILES string of the molecule is COc1cc(C(C)NC(=O)c2cccnc2OC)ccc1OC1CCCC1. The molecule has 1 fully saturated rings. The number of hydrogen-bond acceptors (Lipinski definition) is 5. The van der Waals surface area contributed by atoms with Crippen LogP contribution < -0.4 is 19.5 Å². The summed E-state index contributed by atoms with van der Waals surface area (Å²) in [5.74, 6) is 1.50. The zero-order valence-electron chi connectivity index (χ0n) is 16.0. The van der Waals surface area contributed by atoms with Gasteiger partial charge < -0.3 is 19.5 Å². The minimum atomic E-state index is -0.238. The molecule has 1 unspecified atom stereocenters. The monoisotopic (exact) mass is 370 g/mol. The number of carbonyl (C=O) groups is 1. The van der Waals surface area contributed by atoms with E-state index in [1.54, 1.807) is 25.4 Å². The summed E-state index contributed by atoms with van der Waals surface area (Å²) in [5.41, 5.74) is 1.34. The number of rotatable bonds is 7. The molecule has 0 saturated heterocycles. The van der Waals surface area contributed by atoms with Crippen molar-refractivity contribution in [1.29, 1.82) is 0 Å². The maximum absolute atomic E-state index is 12.6. The lowest BCUT2D eigenvalue weighted by atomic mass is 10.1. The average Bonchev–Trinajstić information content (AvgIpc) is 3.21. The molecule has 2 aromatic rings. The molecule has 6 heteroatoms. The van der Waals surface area contributed by atoms with Crippen LogP contribution in [-0.2, 0) is 0 Å². The smallest absolute Gasteiger partial charge is 0.257 e. The molecule has 1 aliphatic rings. The summed E-state index contributed by atoms with van der Waals surface area (Å²) in [6, 6.07) is 8.97. The van der Waals surface area contributed by atoms with Crippen molar-refractivity contribution in [3.8, 4) is 17.4 Å². The molecule has 1 heterocycles. The summed E-state index contributed by atoms with van der Waals surface area (Å²) in [4.78, 5) is 16.6. The molecule has 1 aromatic carbocycles. The van der Waals surface area contributed by atoms with Gasteiger partial charge in [-0.15, -0.1) is 0 Å². The highest BCUT2D eigenvalue weighted by Gasteiger charge is 2.20. The first-order valence-electron chi connectivity index (χ1n) is 9.27. The van der Waals surface area contributed by atoms with Crippen LogP contribution in [0, 0.1) is 0 Å². The van der Waals surface area contributed by atoms with Gasteiger partial charge in [-0.05, 0) is 62.4 Å². The lowest BCUT2D eigenvalue weighted by molar-refractivity contribution is 0.0936. The van der Waals surface area contributed by atoms with E-state index < -0.39 is 0 Å². The Balaban J connectivity index is 1.72. The molecule has 0 spiro atoms. The number of ether oxygens (including phenoxy) is 3. The van der Waals surface area contributed by atoms with Crippen LogP contribution in [0.25, 0.3) is 0 Å². The van der Waals surface area contributed by atoms with E-state index in [0.29, 0.717) is 17.2 Å². The van der Waals surface area contributed by atoms with Crippen LogP contribution in [0.1, 0.15) is 54.6 Å². The van der Waals surface area contributed by atoms with Crippen molar-refractivity contribution in [2.75, 3.05) is 14.2 Å².